The Morgan fingerprint density at radius 3 is 2.41 bits per heavy atom. The van der Waals surface area contributed by atoms with E-state index in [-0.39, 0.29) is 0 Å². The number of likely N-dealkylation sites (tertiary alicyclic amines) is 1. The quantitative estimate of drug-likeness (QED) is 0.737. The minimum atomic E-state index is -0.588. The number of aliphatic hydroxyl groups is 1. The van der Waals surface area contributed by atoms with E-state index in [0.717, 1.165) is 50.2 Å². The van der Waals surface area contributed by atoms with Gasteiger partial charge in [0.05, 0.1) is 12.7 Å². The molecule has 29 heavy (non-hydrogen) atoms. The highest BCUT2D eigenvalue weighted by molar-refractivity contribution is 5.30. The second-order valence-electron chi connectivity index (χ2n) is 9.10. The predicted octanol–water partition coefficient (Wildman–Crippen LogP) is 4.21. The molecule has 0 amide bonds. The van der Waals surface area contributed by atoms with Crippen LogP contribution in [0.15, 0.2) is 48.5 Å². The maximum atomic E-state index is 11.2. The Balaban J connectivity index is 1.34. The van der Waals surface area contributed by atoms with E-state index in [9.17, 15) is 10.2 Å². The summed E-state index contributed by atoms with van der Waals surface area (Å²) in [6.07, 6.45) is 3.58. The van der Waals surface area contributed by atoms with Gasteiger partial charge in [0.15, 0.2) is 0 Å². The molecule has 2 fully saturated rings. The normalized spacial score (nSPS) is 27.7. The molecular formula is C25H33NO3. The second-order valence-corrected chi connectivity index (χ2v) is 9.10. The number of ether oxygens (including phenoxy) is 1. The number of benzene rings is 2. The summed E-state index contributed by atoms with van der Waals surface area (Å²) in [5, 5.41) is 20.8. The van der Waals surface area contributed by atoms with Gasteiger partial charge in [-0.05, 0) is 72.4 Å². The summed E-state index contributed by atoms with van der Waals surface area (Å²) in [5.74, 6) is 2.85. The number of methoxy groups -OCH3 is 1. The van der Waals surface area contributed by atoms with E-state index in [4.69, 9.17) is 4.74 Å². The van der Waals surface area contributed by atoms with Crippen LogP contribution in [0.5, 0.6) is 11.5 Å². The Morgan fingerprint density at radius 1 is 1.10 bits per heavy atom. The average molecular weight is 396 g/mol. The molecule has 0 spiro atoms. The van der Waals surface area contributed by atoms with E-state index in [1.807, 2.05) is 30.3 Å². The third-order valence-corrected chi connectivity index (χ3v) is 6.94. The lowest BCUT2D eigenvalue weighted by atomic mass is 9.91. The van der Waals surface area contributed by atoms with Crippen LogP contribution in [0.4, 0.5) is 0 Å². The molecule has 0 bridgehead atoms. The number of fused-ring (bicyclic) bond motifs is 1. The summed E-state index contributed by atoms with van der Waals surface area (Å²) in [4.78, 5) is 2.58. The number of phenolic OH excluding ortho intramolecular Hbond substituents is 1. The number of hydrogen-bond acceptors (Lipinski definition) is 4. The summed E-state index contributed by atoms with van der Waals surface area (Å²) < 4.78 is 5.33. The smallest absolute Gasteiger partial charge is 0.119 e. The summed E-state index contributed by atoms with van der Waals surface area (Å²) in [6.45, 7) is 5.46. The molecule has 2 N–H and O–H groups in total. The van der Waals surface area contributed by atoms with Gasteiger partial charge in [-0.25, -0.2) is 0 Å². The van der Waals surface area contributed by atoms with Gasteiger partial charge in [-0.2, -0.15) is 0 Å². The van der Waals surface area contributed by atoms with E-state index >= 15 is 0 Å². The zero-order valence-corrected chi connectivity index (χ0v) is 17.6. The molecule has 156 valence electrons. The van der Waals surface area contributed by atoms with Crippen molar-refractivity contribution in [2.24, 2.45) is 11.8 Å². The van der Waals surface area contributed by atoms with Crippen molar-refractivity contribution in [1.29, 1.82) is 0 Å². The van der Waals surface area contributed by atoms with Crippen molar-refractivity contribution in [3.05, 3.63) is 59.7 Å². The molecule has 0 radical (unpaired) electrons. The Morgan fingerprint density at radius 2 is 1.79 bits per heavy atom. The van der Waals surface area contributed by atoms with Crippen molar-refractivity contribution in [2.75, 3.05) is 26.7 Å². The van der Waals surface area contributed by atoms with Crippen LogP contribution in [0.25, 0.3) is 0 Å². The first-order valence-electron chi connectivity index (χ1n) is 10.8. The third kappa shape index (κ3) is 4.59. The van der Waals surface area contributed by atoms with Crippen LogP contribution in [0, 0.1) is 11.8 Å². The molecule has 2 aromatic carbocycles. The van der Waals surface area contributed by atoms with Crippen molar-refractivity contribution < 1.29 is 14.9 Å². The zero-order valence-electron chi connectivity index (χ0n) is 17.6. The number of aromatic hydroxyl groups is 1. The van der Waals surface area contributed by atoms with Gasteiger partial charge in [0, 0.05) is 26.1 Å². The van der Waals surface area contributed by atoms with Gasteiger partial charge in [0.25, 0.3) is 0 Å². The SMILES string of the molecule is CCC(CN1C[C@@H]2C[C@@](O)(Cc3cccc(OC)c3)C[C@@H]2C1)c1ccc(O)cc1. The summed E-state index contributed by atoms with van der Waals surface area (Å²) >= 11 is 0. The van der Waals surface area contributed by atoms with Crippen LogP contribution >= 0.6 is 0 Å². The van der Waals surface area contributed by atoms with Crippen molar-refractivity contribution in [1.82, 2.24) is 4.90 Å². The highest BCUT2D eigenvalue weighted by Gasteiger charge is 2.48. The molecular weight excluding hydrogens is 362 g/mol. The lowest BCUT2D eigenvalue weighted by Gasteiger charge is -2.28. The summed E-state index contributed by atoms with van der Waals surface area (Å²) in [6, 6.07) is 15.8. The van der Waals surface area contributed by atoms with Crippen LogP contribution in [0.2, 0.25) is 0 Å². The molecule has 4 nitrogen and oxygen atoms in total. The summed E-state index contributed by atoms with van der Waals surface area (Å²) in [7, 11) is 1.68. The maximum absolute atomic E-state index is 11.2. The second kappa shape index (κ2) is 8.37. The fourth-order valence-electron chi connectivity index (χ4n) is 5.54. The molecule has 4 heteroatoms. The fourth-order valence-corrected chi connectivity index (χ4v) is 5.54. The van der Waals surface area contributed by atoms with E-state index in [1.54, 1.807) is 19.2 Å². The molecule has 1 aliphatic heterocycles. The molecule has 1 saturated heterocycles. The van der Waals surface area contributed by atoms with Gasteiger partial charge in [0.2, 0.25) is 0 Å². The Labute approximate surface area is 174 Å². The maximum Gasteiger partial charge on any atom is 0.119 e. The lowest BCUT2D eigenvalue weighted by Crippen LogP contribution is -2.33. The van der Waals surface area contributed by atoms with Gasteiger partial charge >= 0.3 is 0 Å². The first kappa shape index (κ1) is 20.2. The first-order valence-corrected chi connectivity index (χ1v) is 10.8. The van der Waals surface area contributed by atoms with Gasteiger partial charge in [-0.3, -0.25) is 0 Å². The Hall–Kier alpha value is -2.04. The molecule has 4 rings (SSSR count). The number of nitrogens with zero attached hydrogens (tertiary/aromatic N) is 1. The van der Waals surface area contributed by atoms with Crippen LogP contribution in [0.1, 0.15) is 43.2 Å². The number of rotatable bonds is 7. The Kier molecular flexibility index (Phi) is 5.84. The molecule has 1 unspecified atom stereocenters. The largest absolute Gasteiger partial charge is 0.508 e. The van der Waals surface area contributed by atoms with Crippen LogP contribution < -0.4 is 4.74 Å². The zero-order chi connectivity index (χ0) is 20.4. The summed E-state index contributed by atoms with van der Waals surface area (Å²) in [5.41, 5.74) is 1.87. The lowest BCUT2D eigenvalue weighted by molar-refractivity contribution is 0.0352. The van der Waals surface area contributed by atoms with Crippen LogP contribution in [0.3, 0.4) is 0 Å². The van der Waals surface area contributed by atoms with Crippen molar-refractivity contribution >= 4 is 0 Å². The average Bonchev–Trinajstić information content (AvgIpc) is 3.20. The van der Waals surface area contributed by atoms with Gasteiger partial charge in [-0.15, -0.1) is 0 Å². The molecule has 2 aliphatic rings. The van der Waals surface area contributed by atoms with E-state index in [0.29, 0.717) is 29.9 Å². The van der Waals surface area contributed by atoms with Crippen LogP contribution in [-0.4, -0.2) is 47.5 Å². The molecule has 1 heterocycles. The topological polar surface area (TPSA) is 52.9 Å². The van der Waals surface area contributed by atoms with Gasteiger partial charge < -0.3 is 19.8 Å². The fraction of sp³-hybridized carbons (Fsp3) is 0.520. The molecule has 4 atom stereocenters. The van der Waals surface area contributed by atoms with E-state index in [2.05, 4.69) is 17.9 Å². The molecule has 0 aromatic heterocycles. The van der Waals surface area contributed by atoms with Gasteiger partial charge in [-0.1, -0.05) is 31.2 Å². The van der Waals surface area contributed by atoms with Gasteiger partial charge in [0.1, 0.15) is 11.5 Å². The van der Waals surface area contributed by atoms with Crippen molar-refractivity contribution in [3.63, 3.8) is 0 Å². The number of phenols is 1. The minimum Gasteiger partial charge on any atom is -0.508 e. The van der Waals surface area contributed by atoms with Crippen molar-refractivity contribution in [3.8, 4) is 11.5 Å². The minimum absolute atomic E-state index is 0.328. The monoisotopic (exact) mass is 395 g/mol. The molecule has 2 aromatic rings. The highest BCUT2D eigenvalue weighted by Crippen LogP contribution is 2.46. The van der Waals surface area contributed by atoms with Crippen LogP contribution in [-0.2, 0) is 6.42 Å². The first-order chi connectivity index (χ1) is 14.0. The van der Waals surface area contributed by atoms with E-state index in [1.165, 1.54) is 5.56 Å². The highest BCUT2D eigenvalue weighted by atomic mass is 16.5. The molecule has 1 saturated carbocycles. The predicted molar refractivity (Wildman–Crippen MR) is 115 cm³/mol. The Bertz CT molecular complexity index is 805. The molecule has 1 aliphatic carbocycles. The van der Waals surface area contributed by atoms with Crippen molar-refractivity contribution in [2.45, 2.75) is 44.1 Å². The standard InChI is InChI=1S/C25H33NO3/c1-3-19(20-7-9-23(27)10-8-20)15-26-16-21-13-25(28,14-22(21)17-26)12-18-5-4-6-24(11-18)29-2/h4-11,19,21-22,27-28H,3,12-17H2,1-2H3/t19?,21-,22+,25-. The third-order valence-electron chi connectivity index (χ3n) is 6.94. The number of hydrogen-bond donors (Lipinski definition) is 2. The van der Waals surface area contributed by atoms with E-state index < -0.39 is 5.60 Å².